The van der Waals surface area contributed by atoms with Gasteiger partial charge < -0.3 is 14.8 Å². The molecule has 0 bridgehead atoms. The summed E-state index contributed by atoms with van der Waals surface area (Å²) in [6.07, 6.45) is 2.07. The number of nitrogens with zero attached hydrogens (tertiary/aromatic N) is 1. The first-order chi connectivity index (χ1) is 9.08. The van der Waals surface area contributed by atoms with E-state index in [2.05, 4.69) is 31.0 Å². The second kappa shape index (κ2) is 8.51. The molecule has 0 amide bonds. The Morgan fingerprint density at radius 2 is 2.26 bits per heavy atom. The van der Waals surface area contributed by atoms with Crippen molar-refractivity contribution in [2.45, 2.75) is 51.8 Å². The molecule has 1 fully saturated rings. The molecule has 1 aliphatic heterocycles. The number of nitrogens with one attached hydrogen (secondary N) is 1. The molecule has 3 unspecified atom stereocenters. The fourth-order valence-electron chi connectivity index (χ4n) is 2.34. The van der Waals surface area contributed by atoms with Crippen LogP contribution in [0.4, 0.5) is 0 Å². The summed E-state index contributed by atoms with van der Waals surface area (Å²) in [5.41, 5.74) is 0. The third kappa shape index (κ3) is 5.47. The minimum Gasteiger partial charge on any atom is -0.468 e. The van der Waals surface area contributed by atoms with E-state index in [1.807, 2.05) is 0 Å². The summed E-state index contributed by atoms with van der Waals surface area (Å²) in [5.74, 6) is -0.164. The number of hydrogen-bond donors (Lipinski definition) is 1. The maximum atomic E-state index is 11.7. The van der Waals surface area contributed by atoms with Crippen molar-refractivity contribution in [3.05, 3.63) is 0 Å². The fourth-order valence-corrected chi connectivity index (χ4v) is 2.34. The SMILES string of the molecule is CCCNC(CCN1CC(C)OCC1C)C(=O)OC. The van der Waals surface area contributed by atoms with Crippen LogP contribution in [0.15, 0.2) is 0 Å². The van der Waals surface area contributed by atoms with Gasteiger partial charge in [0.25, 0.3) is 0 Å². The highest BCUT2D eigenvalue weighted by Crippen LogP contribution is 2.12. The van der Waals surface area contributed by atoms with Crippen molar-refractivity contribution >= 4 is 5.97 Å². The normalized spacial score (nSPS) is 26.1. The van der Waals surface area contributed by atoms with Gasteiger partial charge in [-0.1, -0.05) is 6.92 Å². The van der Waals surface area contributed by atoms with Crippen LogP contribution in [0.1, 0.15) is 33.6 Å². The Balaban J connectivity index is 2.43. The lowest BCUT2D eigenvalue weighted by Gasteiger charge is -2.37. The van der Waals surface area contributed by atoms with Gasteiger partial charge in [-0.25, -0.2) is 0 Å². The topological polar surface area (TPSA) is 50.8 Å². The quantitative estimate of drug-likeness (QED) is 0.702. The summed E-state index contributed by atoms with van der Waals surface area (Å²) in [6.45, 7) is 9.78. The van der Waals surface area contributed by atoms with E-state index in [4.69, 9.17) is 9.47 Å². The predicted octanol–water partition coefficient (Wildman–Crippen LogP) is 1.03. The van der Waals surface area contributed by atoms with E-state index >= 15 is 0 Å². The van der Waals surface area contributed by atoms with Crippen LogP contribution in [-0.4, -0.2) is 62.4 Å². The highest BCUT2D eigenvalue weighted by molar-refractivity contribution is 5.75. The van der Waals surface area contributed by atoms with E-state index < -0.39 is 0 Å². The third-order valence-electron chi connectivity index (χ3n) is 3.57. The van der Waals surface area contributed by atoms with E-state index in [0.717, 1.165) is 39.1 Å². The maximum Gasteiger partial charge on any atom is 0.322 e. The molecule has 0 radical (unpaired) electrons. The van der Waals surface area contributed by atoms with Gasteiger partial charge in [-0.2, -0.15) is 0 Å². The Morgan fingerprint density at radius 3 is 2.89 bits per heavy atom. The molecule has 112 valence electrons. The Labute approximate surface area is 116 Å². The smallest absolute Gasteiger partial charge is 0.322 e. The summed E-state index contributed by atoms with van der Waals surface area (Å²) in [7, 11) is 1.45. The van der Waals surface area contributed by atoms with E-state index in [0.29, 0.717) is 6.04 Å². The molecule has 1 aliphatic rings. The van der Waals surface area contributed by atoms with Crippen LogP contribution >= 0.6 is 0 Å². The van der Waals surface area contributed by atoms with Gasteiger partial charge in [0.15, 0.2) is 0 Å². The summed E-state index contributed by atoms with van der Waals surface area (Å²) < 4.78 is 10.5. The van der Waals surface area contributed by atoms with Crippen molar-refractivity contribution in [3.63, 3.8) is 0 Å². The zero-order valence-corrected chi connectivity index (χ0v) is 12.6. The van der Waals surface area contributed by atoms with Gasteiger partial charge in [0.05, 0.1) is 19.8 Å². The van der Waals surface area contributed by atoms with E-state index in [9.17, 15) is 4.79 Å². The summed E-state index contributed by atoms with van der Waals surface area (Å²) in [5, 5.41) is 3.25. The number of hydrogen-bond acceptors (Lipinski definition) is 5. The first-order valence-corrected chi connectivity index (χ1v) is 7.25. The second-order valence-corrected chi connectivity index (χ2v) is 5.31. The van der Waals surface area contributed by atoms with E-state index in [1.165, 1.54) is 7.11 Å². The molecule has 0 saturated carbocycles. The molecular formula is C14H28N2O3. The number of ether oxygens (including phenoxy) is 2. The minimum absolute atomic E-state index is 0.164. The maximum absolute atomic E-state index is 11.7. The number of esters is 1. The molecule has 0 aromatic heterocycles. The van der Waals surface area contributed by atoms with Gasteiger partial charge in [-0.05, 0) is 33.2 Å². The van der Waals surface area contributed by atoms with Gasteiger partial charge in [-0.15, -0.1) is 0 Å². The average Bonchev–Trinajstić information content (AvgIpc) is 2.41. The van der Waals surface area contributed by atoms with Crippen LogP contribution in [0.2, 0.25) is 0 Å². The Bertz CT molecular complexity index is 273. The zero-order chi connectivity index (χ0) is 14.3. The molecule has 5 nitrogen and oxygen atoms in total. The molecule has 1 saturated heterocycles. The van der Waals surface area contributed by atoms with Crippen molar-refractivity contribution in [2.24, 2.45) is 0 Å². The third-order valence-corrected chi connectivity index (χ3v) is 3.57. The molecule has 0 aromatic rings. The lowest BCUT2D eigenvalue weighted by atomic mass is 10.1. The van der Waals surface area contributed by atoms with Gasteiger partial charge in [0.1, 0.15) is 6.04 Å². The van der Waals surface area contributed by atoms with Crippen LogP contribution in [0, 0.1) is 0 Å². The largest absolute Gasteiger partial charge is 0.468 e. The Kier molecular flexibility index (Phi) is 7.34. The molecule has 3 atom stereocenters. The van der Waals surface area contributed by atoms with Crippen molar-refractivity contribution < 1.29 is 14.3 Å². The first-order valence-electron chi connectivity index (χ1n) is 7.25. The molecule has 5 heteroatoms. The molecule has 1 heterocycles. The second-order valence-electron chi connectivity index (χ2n) is 5.31. The lowest BCUT2D eigenvalue weighted by Crippen LogP contribution is -2.49. The fraction of sp³-hybridized carbons (Fsp3) is 0.929. The Hall–Kier alpha value is -0.650. The van der Waals surface area contributed by atoms with E-state index in [1.54, 1.807) is 0 Å². The number of rotatable bonds is 7. The molecule has 19 heavy (non-hydrogen) atoms. The molecule has 1 N–H and O–H groups in total. The number of morpholine rings is 1. The lowest BCUT2D eigenvalue weighted by molar-refractivity contribution is -0.143. The first kappa shape index (κ1) is 16.4. The molecule has 0 aliphatic carbocycles. The van der Waals surface area contributed by atoms with Crippen LogP contribution in [0.25, 0.3) is 0 Å². The van der Waals surface area contributed by atoms with Crippen LogP contribution in [-0.2, 0) is 14.3 Å². The highest BCUT2D eigenvalue weighted by Gasteiger charge is 2.25. The molecular weight excluding hydrogens is 244 g/mol. The number of methoxy groups -OCH3 is 1. The number of carbonyl (C=O) groups excluding carboxylic acids is 1. The van der Waals surface area contributed by atoms with Crippen molar-refractivity contribution in [3.8, 4) is 0 Å². The summed E-state index contributed by atoms with van der Waals surface area (Å²) in [4.78, 5) is 14.1. The van der Waals surface area contributed by atoms with Crippen LogP contribution < -0.4 is 5.32 Å². The molecule has 1 rings (SSSR count). The van der Waals surface area contributed by atoms with Crippen LogP contribution in [0.5, 0.6) is 0 Å². The van der Waals surface area contributed by atoms with Gasteiger partial charge in [0.2, 0.25) is 0 Å². The Morgan fingerprint density at radius 1 is 1.53 bits per heavy atom. The summed E-state index contributed by atoms with van der Waals surface area (Å²) in [6, 6.07) is 0.218. The van der Waals surface area contributed by atoms with Crippen molar-refractivity contribution in [1.82, 2.24) is 10.2 Å². The minimum atomic E-state index is -0.199. The standard InChI is InChI=1S/C14H28N2O3/c1-5-7-15-13(14(17)18-4)6-8-16-9-12(3)19-10-11(16)2/h11-13,15H,5-10H2,1-4H3. The van der Waals surface area contributed by atoms with Crippen molar-refractivity contribution in [2.75, 3.05) is 33.4 Å². The van der Waals surface area contributed by atoms with Crippen molar-refractivity contribution in [1.29, 1.82) is 0 Å². The molecule has 0 aromatic carbocycles. The number of carbonyl (C=O) groups is 1. The van der Waals surface area contributed by atoms with Gasteiger partial charge in [0, 0.05) is 19.1 Å². The van der Waals surface area contributed by atoms with E-state index in [-0.39, 0.29) is 18.1 Å². The van der Waals surface area contributed by atoms with Gasteiger partial charge in [-0.3, -0.25) is 9.69 Å². The van der Waals surface area contributed by atoms with Crippen LogP contribution in [0.3, 0.4) is 0 Å². The molecule has 0 spiro atoms. The average molecular weight is 272 g/mol. The highest BCUT2D eigenvalue weighted by atomic mass is 16.5. The predicted molar refractivity (Wildman–Crippen MR) is 75.2 cm³/mol. The monoisotopic (exact) mass is 272 g/mol. The summed E-state index contributed by atoms with van der Waals surface area (Å²) >= 11 is 0. The zero-order valence-electron chi connectivity index (χ0n) is 12.6. The van der Waals surface area contributed by atoms with Gasteiger partial charge >= 0.3 is 5.97 Å².